The highest BCUT2D eigenvalue weighted by atomic mass is 35.5. The van der Waals surface area contributed by atoms with E-state index >= 15 is 0 Å². The second kappa shape index (κ2) is 7.24. The molecule has 0 aromatic carbocycles. The zero-order valence-electron chi connectivity index (χ0n) is 12.5. The first kappa shape index (κ1) is 16.3. The molecule has 1 aromatic heterocycles. The molecule has 0 saturated carbocycles. The third-order valence-corrected chi connectivity index (χ3v) is 4.23. The Kier molecular flexibility index (Phi) is 5.61. The third-order valence-electron chi connectivity index (χ3n) is 3.93. The first-order valence-electron chi connectivity index (χ1n) is 7.30. The molecular formula is C14H22ClN3O3. The lowest BCUT2D eigenvalue weighted by Gasteiger charge is -2.35. The number of carbonyl (C=O) groups is 1. The fourth-order valence-electron chi connectivity index (χ4n) is 2.43. The summed E-state index contributed by atoms with van der Waals surface area (Å²) in [5.41, 5.74) is 1.34. The number of hydrogen-bond acceptors (Lipinski definition) is 5. The largest absolute Gasteiger partial charge is 0.392 e. The summed E-state index contributed by atoms with van der Waals surface area (Å²) in [7, 11) is 0. The van der Waals surface area contributed by atoms with Crippen molar-refractivity contribution < 1.29 is 14.4 Å². The Morgan fingerprint density at radius 2 is 2.10 bits per heavy atom. The van der Waals surface area contributed by atoms with Crippen LogP contribution in [0.2, 0.25) is 5.22 Å². The van der Waals surface area contributed by atoms with Crippen LogP contribution in [0.3, 0.4) is 0 Å². The van der Waals surface area contributed by atoms with E-state index in [0.717, 1.165) is 19.5 Å². The topological polar surface area (TPSA) is 69.8 Å². The van der Waals surface area contributed by atoms with Crippen molar-refractivity contribution in [3.8, 4) is 0 Å². The van der Waals surface area contributed by atoms with Gasteiger partial charge in [0.1, 0.15) is 0 Å². The maximum atomic E-state index is 12.3. The zero-order chi connectivity index (χ0) is 15.4. The van der Waals surface area contributed by atoms with Crippen LogP contribution in [-0.4, -0.2) is 64.8 Å². The van der Waals surface area contributed by atoms with E-state index in [1.54, 1.807) is 6.92 Å². The van der Waals surface area contributed by atoms with Crippen molar-refractivity contribution in [1.82, 2.24) is 15.0 Å². The second-order valence-electron chi connectivity index (χ2n) is 5.44. The Morgan fingerprint density at radius 1 is 1.43 bits per heavy atom. The summed E-state index contributed by atoms with van der Waals surface area (Å²) in [6.45, 7) is 7.36. The number of aryl methyl sites for hydroxylation is 1. The van der Waals surface area contributed by atoms with Crippen LogP contribution in [0.25, 0.3) is 0 Å². The highest BCUT2D eigenvalue weighted by Gasteiger charge is 2.24. The van der Waals surface area contributed by atoms with Gasteiger partial charge in [-0.25, -0.2) is 0 Å². The molecule has 1 amide bonds. The molecule has 21 heavy (non-hydrogen) atoms. The zero-order valence-corrected chi connectivity index (χ0v) is 13.3. The van der Waals surface area contributed by atoms with Crippen molar-refractivity contribution in [3.05, 3.63) is 16.5 Å². The number of rotatable bonds is 5. The Balaban J connectivity index is 1.83. The Morgan fingerprint density at radius 3 is 2.62 bits per heavy atom. The lowest BCUT2D eigenvalue weighted by molar-refractivity contribution is -0.132. The molecule has 0 unspecified atom stereocenters. The minimum Gasteiger partial charge on any atom is -0.392 e. The molecule has 0 bridgehead atoms. The van der Waals surface area contributed by atoms with E-state index in [-0.39, 0.29) is 23.7 Å². The fraction of sp³-hybridized carbons (Fsp3) is 0.714. The number of amides is 1. The van der Waals surface area contributed by atoms with E-state index in [0.29, 0.717) is 30.9 Å². The molecule has 0 aliphatic carbocycles. The van der Waals surface area contributed by atoms with Gasteiger partial charge in [0.15, 0.2) is 0 Å². The average molecular weight is 316 g/mol. The minimum atomic E-state index is -0.286. The molecule has 1 aliphatic heterocycles. The Bertz CT molecular complexity index is 464. The quantitative estimate of drug-likeness (QED) is 0.881. The van der Waals surface area contributed by atoms with Crippen LogP contribution in [0.4, 0.5) is 0 Å². The van der Waals surface area contributed by atoms with E-state index in [2.05, 4.69) is 10.1 Å². The van der Waals surface area contributed by atoms with Crippen LogP contribution >= 0.6 is 11.6 Å². The van der Waals surface area contributed by atoms with Gasteiger partial charge < -0.3 is 14.5 Å². The number of aliphatic hydroxyl groups is 1. The van der Waals surface area contributed by atoms with Gasteiger partial charge in [-0.15, -0.1) is 0 Å². The first-order chi connectivity index (χ1) is 10.0. The van der Waals surface area contributed by atoms with Gasteiger partial charge in [0.25, 0.3) is 0 Å². The number of piperazine rings is 1. The normalized spacial score (nSPS) is 18.0. The number of hydrogen-bond donors (Lipinski definition) is 1. The number of nitrogens with zero attached hydrogens (tertiary/aromatic N) is 3. The Hall–Kier alpha value is -1.11. The first-order valence-corrected chi connectivity index (χ1v) is 7.68. The number of aliphatic hydroxyl groups excluding tert-OH is 1. The van der Waals surface area contributed by atoms with Crippen molar-refractivity contribution in [3.63, 3.8) is 0 Å². The van der Waals surface area contributed by atoms with Crippen molar-refractivity contribution in [2.45, 2.75) is 32.8 Å². The lowest BCUT2D eigenvalue weighted by Crippen LogP contribution is -2.50. The highest BCUT2D eigenvalue weighted by Crippen LogP contribution is 2.20. The molecule has 0 spiro atoms. The summed E-state index contributed by atoms with van der Waals surface area (Å²) < 4.78 is 4.87. The Labute approximate surface area is 129 Å². The SMILES string of the molecule is CC[C@H](O)CN1CCN(C(=O)Cc2c(C)noc2Cl)CC1. The molecular weight excluding hydrogens is 294 g/mol. The molecule has 1 fully saturated rings. The smallest absolute Gasteiger partial charge is 0.229 e. The predicted molar refractivity (Wildman–Crippen MR) is 79.3 cm³/mol. The average Bonchev–Trinajstić information content (AvgIpc) is 2.79. The van der Waals surface area contributed by atoms with Crippen molar-refractivity contribution >= 4 is 17.5 Å². The van der Waals surface area contributed by atoms with Crippen LogP contribution in [-0.2, 0) is 11.2 Å². The van der Waals surface area contributed by atoms with E-state index in [9.17, 15) is 9.90 Å². The summed E-state index contributed by atoms with van der Waals surface area (Å²) in [4.78, 5) is 16.3. The highest BCUT2D eigenvalue weighted by molar-refractivity contribution is 6.29. The molecule has 1 aromatic rings. The van der Waals surface area contributed by atoms with Gasteiger partial charge in [0.2, 0.25) is 11.1 Å². The number of aromatic nitrogens is 1. The van der Waals surface area contributed by atoms with Crippen LogP contribution in [0.15, 0.2) is 4.52 Å². The molecule has 1 saturated heterocycles. The molecule has 118 valence electrons. The van der Waals surface area contributed by atoms with Crippen molar-refractivity contribution in [2.75, 3.05) is 32.7 Å². The van der Waals surface area contributed by atoms with E-state index in [4.69, 9.17) is 16.1 Å². The van der Waals surface area contributed by atoms with Gasteiger partial charge in [-0.05, 0) is 24.9 Å². The molecule has 1 aliphatic rings. The molecule has 7 heteroatoms. The van der Waals surface area contributed by atoms with Gasteiger partial charge in [0.05, 0.1) is 18.2 Å². The maximum absolute atomic E-state index is 12.3. The van der Waals surface area contributed by atoms with Gasteiger partial charge in [-0.1, -0.05) is 12.1 Å². The predicted octanol–water partition coefficient (Wildman–Crippen LogP) is 1.09. The lowest BCUT2D eigenvalue weighted by atomic mass is 10.1. The van der Waals surface area contributed by atoms with E-state index in [1.807, 2.05) is 11.8 Å². The van der Waals surface area contributed by atoms with Crippen LogP contribution in [0, 0.1) is 6.92 Å². The summed E-state index contributed by atoms with van der Waals surface area (Å²) in [5.74, 6) is 0.0406. The van der Waals surface area contributed by atoms with Crippen LogP contribution in [0.1, 0.15) is 24.6 Å². The van der Waals surface area contributed by atoms with E-state index in [1.165, 1.54) is 0 Å². The minimum absolute atomic E-state index is 0.0406. The molecule has 1 atom stereocenters. The van der Waals surface area contributed by atoms with Crippen molar-refractivity contribution in [2.24, 2.45) is 0 Å². The maximum Gasteiger partial charge on any atom is 0.229 e. The molecule has 0 radical (unpaired) electrons. The number of halogens is 1. The summed E-state index contributed by atoms with van der Waals surface area (Å²) in [6, 6.07) is 0. The number of β-amino-alcohol motifs (C(OH)–C–C–N with tert-alkyl or cyclic N) is 1. The van der Waals surface area contributed by atoms with Crippen LogP contribution in [0.5, 0.6) is 0 Å². The van der Waals surface area contributed by atoms with Gasteiger partial charge in [-0.2, -0.15) is 0 Å². The van der Waals surface area contributed by atoms with Crippen LogP contribution < -0.4 is 0 Å². The third kappa shape index (κ3) is 4.18. The number of carbonyl (C=O) groups excluding carboxylic acids is 1. The van der Waals surface area contributed by atoms with Gasteiger partial charge >= 0.3 is 0 Å². The monoisotopic (exact) mass is 315 g/mol. The van der Waals surface area contributed by atoms with Gasteiger partial charge in [-0.3, -0.25) is 9.69 Å². The molecule has 2 heterocycles. The molecule has 6 nitrogen and oxygen atoms in total. The van der Waals surface area contributed by atoms with Gasteiger partial charge in [0, 0.05) is 38.3 Å². The van der Waals surface area contributed by atoms with Crippen molar-refractivity contribution in [1.29, 1.82) is 0 Å². The second-order valence-corrected chi connectivity index (χ2v) is 5.78. The summed E-state index contributed by atoms with van der Waals surface area (Å²) in [6.07, 6.45) is 0.696. The fourth-order valence-corrected chi connectivity index (χ4v) is 2.67. The molecule has 1 N–H and O–H groups in total. The molecule has 2 rings (SSSR count). The standard InChI is InChI=1S/C14H22ClN3O3/c1-3-11(19)9-17-4-6-18(7-5-17)13(20)8-12-10(2)16-21-14(12)15/h11,19H,3-9H2,1-2H3/t11-/m0/s1. The van der Waals surface area contributed by atoms with E-state index < -0.39 is 0 Å². The summed E-state index contributed by atoms with van der Waals surface area (Å²) >= 11 is 5.89. The summed E-state index contributed by atoms with van der Waals surface area (Å²) in [5, 5.41) is 13.6.